The number of ether oxygens (including phenoxy) is 1. The molecule has 0 spiro atoms. The molecule has 2 saturated carbocycles. The molecular weight excluding hydrogens is 658 g/mol. The summed E-state index contributed by atoms with van der Waals surface area (Å²) in [7, 11) is 0. The Bertz CT molecular complexity index is 1540. The van der Waals surface area contributed by atoms with Gasteiger partial charge in [0.15, 0.2) is 11.5 Å². The molecule has 0 aliphatic heterocycles. The molecule has 4 aromatic rings. The van der Waals surface area contributed by atoms with Crippen LogP contribution in [0.1, 0.15) is 69.4 Å². The summed E-state index contributed by atoms with van der Waals surface area (Å²) in [6, 6.07) is 24.2. The number of rotatable bonds is 6. The van der Waals surface area contributed by atoms with E-state index in [1.54, 1.807) is 6.07 Å². The molecule has 2 fully saturated rings. The van der Waals surface area contributed by atoms with Crippen molar-refractivity contribution < 1.29 is 55.7 Å². The SMILES string of the molecule is CC1CCC(C2CCC(COc3ccc(O)c(F)c3F)CC2)CC1.Cc1ccc(-c2ccc(-c3ccc(C)cc3F)cc2)cc1.[Y]. The summed E-state index contributed by atoms with van der Waals surface area (Å²) < 4.78 is 46.5. The molecule has 46 heavy (non-hydrogen) atoms. The number of hydrogen-bond acceptors (Lipinski definition) is 2. The summed E-state index contributed by atoms with van der Waals surface area (Å²) in [6.07, 6.45) is 10.2. The van der Waals surface area contributed by atoms with E-state index < -0.39 is 17.4 Å². The smallest absolute Gasteiger partial charge is 0.204 e. The molecule has 2 aliphatic rings. The second-order valence-electron chi connectivity index (χ2n) is 13.2. The van der Waals surface area contributed by atoms with Crippen LogP contribution in [0.25, 0.3) is 22.3 Å². The zero-order valence-corrected chi connectivity index (χ0v) is 30.1. The first-order valence-corrected chi connectivity index (χ1v) is 16.4. The quantitative estimate of drug-likeness (QED) is 0.217. The normalized spacial score (nSPS) is 21.0. The number of aryl methyl sites for hydroxylation is 2. The Balaban J connectivity index is 0.000000206. The van der Waals surface area contributed by atoms with Gasteiger partial charge in [-0.1, -0.05) is 86.0 Å². The maximum atomic E-state index is 14.0. The van der Waals surface area contributed by atoms with Gasteiger partial charge in [-0.2, -0.15) is 8.78 Å². The standard InChI is InChI=1S/C20H28F2O2.C20H17F.Y/c1-13-2-6-15(7-3-13)16-8-4-14(5-9-16)12-24-18-11-10-17(23)19(21)20(18)22;1-14-3-6-16(7-4-14)17-8-10-18(11-9-17)19-12-5-15(2)13-20(19)21;/h10-11,13-16,23H,2-9,12H2,1H3;3-13H,1-2H3;. The Labute approximate surface area is 297 Å². The van der Waals surface area contributed by atoms with Crippen molar-refractivity contribution >= 4 is 0 Å². The molecule has 2 aliphatic carbocycles. The van der Waals surface area contributed by atoms with Gasteiger partial charge in [-0.15, -0.1) is 0 Å². The fourth-order valence-electron chi connectivity index (χ4n) is 6.87. The molecule has 6 heteroatoms. The van der Waals surface area contributed by atoms with Gasteiger partial charge in [-0.3, -0.25) is 0 Å². The van der Waals surface area contributed by atoms with Crippen LogP contribution in [0.3, 0.4) is 0 Å². The van der Waals surface area contributed by atoms with Crippen LogP contribution in [0.15, 0.2) is 78.9 Å². The number of benzene rings is 4. The summed E-state index contributed by atoms with van der Waals surface area (Å²) in [5.41, 5.74) is 6.06. The first-order valence-electron chi connectivity index (χ1n) is 16.4. The average molecular weight is 704 g/mol. The van der Waals surface area contributed by atoms with Gasteiger partial charge in [0.05, 0.1) is 6.61 Å². The number of phenols is 1. The van der Waals surface area contributed by atoms with Gasteiger partial charge >= 0.3 is 0 Å². The van der Waals surface area contributed by atoms with Crippen LogP contribution in [0, 0.1) is 55.0 Å². The average Bonchev–Trinajstić information content (AvgIpc) is 3.05. The van der Waals surface area contributed by atoms with Crippen molar-refractivity contribution in [2.45, 2.75) is 72.1 Å². The van der Waals surface area contributed by atoms with Crippen LogP contribution >= 0.6 is 0 Å². The van der Waals surface area contributed by atoms with E-state index in [1.165, 1.54) is 55.7 Å². The molecule has 0 bridgehead atoms. The Hall–Kier alpha value is -2.63. The van der Waals surface area contributed by atoms with E-state index in [2.05, 4.69) is 38.1 Å². The zero-order valence-electron chi connectivity index (χ0n) is 27.2. The molecule has 2 nitrogen and oxygen atoms in total. The summed E-state index contributed by atoms with van der Waals surface area (Å²) in [4.78, 5) is 0. The van der Waals surface area contributed by atoms with Crippen molar-refractivity contribution in [2.75, 3.05) is 6.61 Å². The third-order valence-electron chi connectivity index (χ3n) is 9.83. The molecule has 0 unspecified atom stereocenters. The molecular formula is C40H45F3O2Y. The first-order chi connectivity index (χ1) is 21.7. The van der Waals surface area contributed by atoms with Crippen molar-refractivity contribution in [3.8, 4) is 33.8 Å². The van der Waals surface area contributed by atoms with E-state index in [0.29, 0.717) is 18.1 Å². The molecule has 4 aromatic carbocycles. The zero-order chi connectivity index (χ0) is 31.9. The van der Waals surface area contributed by atoms with Crippen LogP contribution in [0.5, 0.6) is 11.5 Å². The maximum Gasteiger partial charge on any atom is 0.204 e. The maximum absolute atomic E-state index is 14.0. The fraction of sp³-hybridized carbons (Fsp3) is 0.400. The van der Waals surface area contributed by atoms with Gasteiger partial charge in [-0.25, -0.2) is 4.39 Å². The largest absolute Gasteiger partial charge is 0.505 e. The van der Waals surface area contributed by atoms with Gasteiger partial charge in [0.25, 0.3) is 0 Å². The van der Waals surface area contributed by atoms with E-state index in [1.807, 2.05) is 43.3 Å². The van der Waals surface area contributed by atoms with Gasteiger partial charge < -0.3 is 9.84 Å². The minimum absolute atomic E-state index is 0. The number of aromatic hydroxyl groups is 1. The van der Waals surface area contributed by atoms with E-state index in [9.17, 15) is 13.2 Å². The van der Waals surface area contributed by atoms with E-state index in [4.69, 9.17) is 9.84 Å². The van der Waals surface area contributed by atoms with Gasteiger partial charge in [0.2, 0.25) is 11.6 Å². The fourth-order valence-corrected chi connectivity index (χ4v) is 6.87. The van der Waals surface area contributed by atoms with Crippen LogP contribution < -0.4 is 4.74 Å². The second-order valence-corrected chi connectivity index (χ2v) is 13.2. The third kappa shape index (κ3) is 9.47. The molecule has 1 N–H and O–H groups in total. The Morgan fingerprint density at radius 3 is 1.74 bits per heavy atom. The molecule has 0 saturated heterocycles. The van der Waals surface area contributed by atoms with Crippen molar-refractivity contribution in [1.82, 2.24) is 0 Å². The summed E-state index contributed by atoms with van der Waals surface area (Å²) in [5, 5.41) is 9.14. The number of phenolic OH excluding ortho intramolecular Hbond substituents is 1. The number of hydrogen-bond donors (Lipinski definition) is 1. The molecule has 241 valence electrons. The van der Waals surface area contributed by atoms with Crippen LogP contribution in [-0.4, -0.2) is 11.7 Å². The van der Waals surface area contributed by atoms with Crippen molar-refractivity contribution in [1.29, 1.82) is 0 Å². The monoisotopic (exact) mass is 703 g/mol. The Morgan fingerprint density at radius 1 is 0.630 bits per heavy atom. The van der Waals surface area contributed by atoms with Gasteiger partial charge in [0, 0.05) is 38.3 Å². The predicted octanol–water partition coefficient (Wildman–Crippen LogP) is 11.5. The topological polar surface area (TPSA) is 29.5 Å². The second kappa shape index (κ2) is 17.0. The van der Waals surface area contributed by atoms with Crippen molar-refractivity contribution in [3.05, 3.63) is 107 Å². The van der Waals surface area contributed by atoms with E-state index in [-0.39, 0.29) is 44.3 Å². The Morgan fingerprint density at radius 2 is 1.15 bits per heavy atom. The van der Waals surface area contributed by atoms with Crippen LogP contribution in [0.4, 0.5) is 13.2 Å². The van der Waals surface area contributed by atoms with E-state index in [0.717, 1.165) is 53.4 Å². The van der Waals surface area contributed by atoms with Crippen molar-refractivity contribution in [3.63, 3.8) is 0 Å². The Kier molecular flexibility index (Phi) is 13.4. The minimum atomic E-state index is -1.23. The molecule has 0 amide bonds. The molecule has 0 atom stereocenters. The third-order valence-corrected chi connectivity index (χ3v) is 9.83. The number of halogens is 3. The first kappa shape index (κ1) is 36.2. The predicted molar refractivity (Wildman–Crippen MR) is 177 cm³/mol. The summed E-state index contributed by atoms with van der Waals surface area (Å²) >= 11 is 0. The summed E-state index contributed by atoms with van der Waals surface area (Å²) in [5.74, 6) is -0.230. The van der Waals surface area contributed by atoms with Crippen molar-refractivity contribution in [2.24, 2.45) is 23.7 Å². The molecule has 6 rings (SSSR count). The van der Waals surface area contributed by atoms with Gasteiger partial charge in [0.1, 0.15) is 5.82 Å². The van der Waals surface area contributed by atoms with Crippen LogP contribution in [0.2, 0.25) is 0 Å². The molecule has 0 heterocycles. The van der Waals surface area contributed by atoms with E-state index >= 15 is 0 Å². The van der Waals surface area contributed by atoms with Crippen LogP contribution in [-0.2, 0) is 32.7 Å². The molecule has 1 radical (unpaired) electrons. The minimum Gasteiger partial charge on any atom is -0.505 e. The van der Waals surface area contributed by atoms with Gasteiger partial charge in [-0.05, 0) is 116 Å². The summed E-state index contributed by atoms with van der Waals surface area (Å²) in [6.45, 7) is 6.76. The molecule has 0 aromatic heterocycles.